The summed E-state index contributed by atoms with van der Waals surface area (Å²) >= 11 is 0. The molecule has 1 aliphatic heterocycles. The van der Waals surface area contributed by atoms with E-state index in [-0.39, 0.29) is 24.5 Å². The van der Waals surface area contributed by atoms with Gasteiger partial charge in [-0.1, -0.05) is 18.2 Å². The summed E-state index contributed by atoms with van der Waals surface area (Å²) in [6.45, 7) is 1.44. The van der Waals surface area contributed by atoms with Crippen molar-refractivity contribution in [3.05, 3.63) is 54.7 Å². The van der Waals surface area contributed by atoms with Crippen LogP contribution in [0.1, 0.15) is 12.8 Å². The molecule has 13 heteroatoms. The number of urea groups is 1. The number of ether oxygens (including phenoxy) is 1. The van der Waals surface area contributed by atoms with Crippen molar-refractivity contribution in [1.29, 1.82) is 0 Å². The van der Waals surface area contributed by atoms with Crippen molar-refractivity contribution in [2.75, 3.05) is 37.4 Å². The number of fused-ring (bicyclic) bond motifs is 1. The lowest BCUT2D eigenvalue weighted by atomic mass is 10.1. The molecular formula is C25H28N6O7. The molecule has 13 nitrogen and oxygen atoms in total. The number of carboxylic acids is 2. The lowest BCUT2D eigenvalue weighted by Crippen LogP contribution is -2.47. The van der Waals surface area contributed by atoms with Gasteiger partial charge in [0.15, 0.2) is 0 Å². The molecule has 1 aromatic carbocycles. The number of carbonyl (C=O) groups excluding carboxylic acids is 2. The maximum atomic E-state index is 12.8. The number of hydrogen-bond acceptors (Lipinski definition) is 8. The fraction of sp³-hybridized carbons (Fsp3) is 0.280. The lowest BCUT2D eigenvalue weighted by Gasteiger charge is -2.32. The van der Waals surface area contributed by atoms with Crippen molar-refractivity contribution < 1.29 is 34.1 Å². The molecule has 0 atom stereocenters. The molecule has 0 unspecified atom stereocenters. The molecule has 2 aromatic heterocycles. The summed E-state index contributed by atoms with van der Waals surface area (Å²) < 4.78 is 5.19. The van der Waals surface area contributed by atoms with Gasteiger partial charge in [-0.15, -0.1) is 0 Å². The molecular weight excluding hydrogens is 496 g/mol. The van der Waals surface area contributed by atoms with Crippen LogP contribution in [0.4, 0.5) is 16.2 Å². The number of likely N-dealkylation sites (tertiary alicyclic amines) is 1. The molecule has 1 fully saturated rings. The van der Waals surface area contributed by atoms with Gasteiger partial charge in [0.1, 0.15) is 5.52 Å². The number of nitrogens with zero attached hydrogens (tertiary/aromatic N) is 3. The van der Waals surface area contributed by atoms with Gasteiger partial charge in [-0.2, -0.15) is 0 Å². The number of carbonyl (C=O) groups is 4. The summed E-state index contributed by atoms with van der Waals surface area (Å²) in [5.74, 6) is -3.27. The average molecular weight is 525 g/mol. The van der Waals surface area contributed by atoms with E-state index in [9.17, 15) is 9.59 Å². The number of nitrogens with one attached hydrogen (secondary N) is 3. The molecule has 1 saturated heterocycles. The maximum Gasteiger partial charge on any atom is 0.414 e. The van der Waals surface area contributed by atoms with Gasteiger partial charge in [0.2, 0.25) is 11.8 Å². The Hall–Kier alpha value is -4.78. The number of piperidine rings is 1. The van der Waals surface area contributed by atoms with Crippen molar-refractivity contribution >= 4 is 46.3 Å². The largest absolute Gasteiger partial charge is 0.481 e. The van der Waals surface area contributed by atoms with Crippen LogP contribution < -0.4 is 20.7 Å². The number of pyridine rings is 2. The molecule has 3 aromatic rings. The standard InChI is InChI=1S/C23H26N6O3.C2H2O4/c1-32-21-8-7-18-22(28-21)19(9-12-24-18)27-23(31)29-13-10-16(11-14-29)25-15-20(30)26-17-5-3-2-4-6-17;3-1(4)2(5)6/h2-9,12,16,25H,10-11,13-15H2,1H3,(H,26,30)(H,24,27,31);(H,3,4)(H,5,6). The molecule has 3 heterocycles. The van der Waals surface area contributed by atoms with Crippen LogP contribution in [0, 0.1) is 0 Å². The Kier molecular flexibility index (Phi) is 9.88. The molecule has 5 N–H and O–H groups in total. The monoisotopic (exact) mass is 524 g/mol. The maximum absolute atomic E-state index is 12.8. The summed E-state index contributed by atoms with van der Waals surface area (Å²) in [4.78, 5) is 53.6. The predicted octanol–water partition coefficient (Wildman–Crippen LogP) is 2.02. The van der Waals surface area contributed by atoms with Gasteiger partial charge in [0.25, 0.3) is 0 Å². The minimum absolute atomic E-state index is 0.0798. The van der Waals surface area contributed by atoms with Gasteiger partial charge in [-0.25, -0.2) is 19.4 Å². The van der Waals surface area contributed by atoms with Crippen LogP contribution in [0.3, 0.4) is 0 Å². The number of carboxylic acid groups (broad SMARTS) is 2. The predicted molar refractivity (Wildman–Crippen MR) is 138 cm³/mol. The van der Waals surface area contributed by atoms with E-state index < -0.39 is 11.9 Å². The molecule has 0 saturated carbocycles. The number of aromatic nitrogens is 2. The fourth-order valence-corrected chi connectivity index (χ4v) is 3.67. The number of para-hydroxylation sites is 1. The normalized spacial score (nSPS) is 13.1. The molecule has 0 radical (unpaired) electrons. The quantitative estimate of drug-likeness (QED) is 0.299. The van der Waals surface area contributed by atoms with E-state index in [4.69, 9.17) is 24.5 Å². The first-order chi connectivity index (χ1) is 18.3. The van der Waals surface area contributed by atoms with Gasteiger partial charge < -0.3 is 35.8 Å². The second-order valence-electron chi connectivity index (χ2n) is 8.18. The van der Waals surface area contributed by atoms with E-state index in [1.165, 1.54) is 0 Å². The van der Waals surface area contributed by atoms with E-state index in [0.29, 0.717) is 35.7 Å². The van der Waals surface area contributed by atoms with E-state index >= 15 is 0 Å². The summed E-state index contributed by atoms with van der Waals surface area (Å²) in [7, 11) is 1.55. The highest BCUT2D eigenvalue weighted by atomic mass is 16.5. The Morgan fingerprint density at radius 1 is 0.974 bits per heavy atom. The topological polar surface area (TPSA) is 183 Å². The van der Waals surface area contributed by atoms with Crippen molar-refractivity contribution in [2.45, 2.75) is 18.9 Å². The first-order valence-electron chi connectivity index (χ1n) is 11.7. The van der Waals surface area contributed by atoms with Crippen LogP contribution in [0.5, 0.6) is 5.88 Å². The van der Waals surface area contributed by atoms with E-state index in [1.807, 2.05) is 36.4 Å². The van der Waals surface area contributed by atoms with Gasteiger partial charge in [-0.05, 0) is 37.1 Å². The molecule has 3 amide bonds. The number of amides is 3. The van der Waals surface area contributed by atoms with E-state index in [2.05, 4.69) is 25.9 Å². The van der Waals surface area contributed by atoms with Crippen LogP contribution in [-0.4, -0.2) is 81.7 Å². The van der Waals surface area contributed by atoms with Crippen molar-refractivity contribution in [2.24, 2.45) is 0 Å². The molecule has 0 bridgehead atoms. The minimum Gasteiger partial charge on any atom is -0.481 e. The second kappa shape index (κ2) is 13.5. The third kappa shape index (κ3) is 8.13. The number of methoxy groups -OCH3 is 1. The number of benzene rings is 1. The van der Waals surface area contributed by atoms with Crippen LogP contribution in [0.25, 0.3) is 11.0 Å². The molecule has 200 valence electrons. The van der Waals surface area contributed by atoms with Crippen molar-refractivity contribution in [3.8, 4) is 5.88 Å². The van der Waals surface area contributed by atoms with Gasteiger partial charge in [0, 0.05) is 37.1 Å². The summed E-state index contributed by atoms with van der Waals surface area (Å²) in [5.41, 5.74) is 2.64. The Morgan fingerprint density at radius 3 is 2.29 bits per heavy atom. The van der Waals surface area contributed by atoms with Crippen molar-refractivity contribution in [3.63, 3.8) is 0 Å². The van der Waals surface area contributed by atoms with Crippen LogP contribution in [0.15, 0.2) is 54.7 Å². The van der Waals surface area contributed by atoms with Gasteiger partial charge >= 0.3 is 18.0 Å². The number of rotatable bonds is 6. The number of hydrogen-bond donors (Lipinski definition) is 5. The Morgan fingerprint density at radius 2 is 1.66 bits per heavy atom. The van der Waals surface area contributed by atoms with E-state index in [1.54, 1.807) is 30.3 Å². The fourth-order valence-electron chi connectivity index (χ4n) is 3.67. The highest BCUT2D eigenvalue weighted by molar-refractivity contribution is 6.27. The number of aliphatic carboxylic acids is 2. The molecule has 4 rings (SSSR count). The zero-order chi connectivity index (χ0) is 27.5. The van der Waals surface area contributed by atoms with Crippen molar-refractivity contribution in [1.82, 2.24) is 20.2 Å². The summed E-state index contributed by atoms with van der Waals surface area (Å²) in [5, 5.41) is 23.9. The van der Waals surface area contributed by atoms with E-state index in [0.717, 1.165) is 18.5 Å². The van der Waals surface area contributed by atoms with Crippen LogP contribution in [0.2, 0.25) is 0 Å². The minimum atomic E-state index is -1.82. The molecule has 1 aliphatic rings. The third-order valence-corrected chi connectivity index (χ3v) is 5.58. The molecule has 0 spiro atoms. The van der Waals surface area contributed by atoms with Crippen LogP contribution in [-0.2, 0) is 14.4 Å². The zero-order valence-corrected chi connectivity index (χ0v) is 20.6. The first-order valence-corrected chi connectivity index (χ1v) is 11.7. The first kappa shape index (κ1) is 27.8. The zero-order valence-electron chi connectivity index (χ0n) is 20.6. The Balaban J connectivity index is 0.000000599. The average Bonchev–Trinajstić information content (AvgIpc) is 2.93. The smallest absolute Gasteiger partial charge is 0.414 e. The molecule has 38 heavy (non-hydrogen) atoms. The summed E-state index contributed by atoms with van der Waals surface area (Å²) in [6, 6.07) is 14.7. The lowest BCUT2D eigenvalue weighted by molar-refractivity contribution is -0.159. The second-order valence-corrected chi connectivity index (χ2v) is 8.18. The third-order valence-electron chi connectivity index (χ3n) is 5.58. The highest BCUT2D eigenvalue weighted by Gasteiger charge is 2.23. The highest BCUT2D eigenvalue weighted by Crippen LogP contribution is 2.23. The SMILES string of the molecule is COc1ccc2nccc(NC(=O)N3CCC(NCC(=O)Nc4ccccc4)CC3)c2n1.O=C(O)C(=O)O. The van der Waals surface area contributed by atoms with Gasteiger partial charge in [0.05, 0.1) is 24.9 Å². The van der Waals surface area contributed by atoms with Crippen LogP contribution >= 0.6 is 0 Å². The Labute approximate surface area is 217 Å². The summed E-state index contributed by atoms with van der Waals surface area (Å²) in [6.07, 6.45) is 3.19. The van der Waals surface area contributed by atoms with Gasteiger partial charge in [-0.3, -0.25) is 9.78 Å². The number of anilines is 2. The Bertz CT molecular complexity index is 1270. The molecule has 0 aliphatic carbocycles.